The number of thioether (sulfide) groups is 1. The van der Waals surface area contributed by atoms with Gasteiger partial charge < -0.3 is 5.32 Å². The number of anilines is 1. The molecule has 0 bridgehead atoms. The van der Waals surface area contributed by atoms with Crippen molar-refractivity contribution >= 4 is 17.6 Å². The molecule has 0 radical (unpaired) electrons. The highest BCUT2D eigenvalue weighted by molar-refractivity contribution is 8.00. The molecule has 0 spiro atoms. The highest BCUT2D eigenvalue weighted by Crippen LogP contribution is 2.42. The van der Waals surface area contributed by atoms with Gasteiger partial charge in [0.2, 0.25) is 0 Å². The molecule has 1 saturated carbocycles. The van der Waals surface area contributed by atoms with E-state index in [0.717, 1.165) is 18.1 Å². The summed E-state index contributed by atoms with van der Waals surface area (Å²) in [7, 11) is 0. The second-order valence-electron chi connectivity index (χ2n) is 4.08. The maximum atomic E-state index is 4.29. The normalized spacial score (nSPS) is 18.3. The third-order valence-electron chi connectivity index (χ3n) is 3.16. The Morgan fingerprint density at radius 2 is 2.13 bits per heavy atom. The van der Waals surface area contributed by atoms with E-state index in [-0.39, 0.29) is 0 Å². The molecule has 1 aliphatic rings. The largest absolute Gasteiger partial charge is 0.367 e. The van der Waals surface area contributed by atoms with Crippen LogP contribution in [-0.4, -0.2) is 27.5 Å². The molecule has 0 aliphatic heterocycles. The van der Waals surface area contributed by atoms with Gasteiger partial charge >= 0.3 is 0 Å². The molecule has 1 aliphatic carbocycles. The molecule has 3 nitrogen and oxygen atoms in total. The highest BCUT2D eigenvalue weighted by atomic mass is 32.2. The van der Waals surface area contributed by atoms with Gasteiger partial charge in [-0.1, -0.05) is 6.42 Å². The van der Waals surface area contributed by atoms with Gasteiger partial charge in [-0.3, -0.25) is 4.98 Å². The average Bonchev–Trinajstić information content (AvgIpc) is 2.19. The van der Waals surface area contributed by atoms with Crippen LogP contribution in [0.3, 0.4) is 0 Å². The van der Waals surface area contributed by atoms with Crippen LogP contribution in [0.5, 0.6) is 0 Å². The lowest BCUT2D eigenvalue weighted by molar-refractivity contribution is 0.379. The topological polar surface area (TPSA) is 37.8 Å². The molecule has 4 heteroatoms. The molecular weight excluding hydrogens is 206 g/mol. The Balaban J connectivity index is 1.95. The van der Waals surface area contributed by atoms with Crippen molar-refractivity contribution in [2.45, 2.75) is 30.9 Å². The maximum Gasteiger partial charge on any atom is 0.147 e. The molecule has 0 saturated heterocycles. The molecule has 1 fully saturated rings. The Hall–Kier alpha value is -0.770. The molecule has 2 rings (SSSR count). The van der Waals surface area contributed by atoms with Crippen LogP contribution in [0, 0.1) is 6.92 Å². The lowest BCUT2D eigenvalue weighted by Gasteiger charge is -2.40. The number of nitrogens with zero attached hydrogens (tertiary/aromatic N) is 2. The van der Waals surface area contributed by atoms with Gasteiger partial charge in [0.05, 0.1) is 5.69 Å². The summed E-state index contributed by atoms with van der Waals surface area (Å²) in [5.41, 5.74) is 0.980. The lowest BCUT2D eigenvalue weighted by Crippen LogP contribution is -2.40. The summed E-state index contributed by atoms with van der Waals surface area (Å²) >= 11 is 1.97. The molecule has 1 N–H and O–H groups in total. The second kappa shape index (κ2) is 4.39. The van der Waals surface area contributed by atoms with E-state index in [9.17, 15) is 0 Å². The first kappa shape index (κ1) is 10.7. The van der Waals surface area contributed by atoms with Gasteiger partial charge in [0.1, 0.15) is 5.82 Å². The smallest absolute Gasteiger partial charge is 0.147 e. The van der Waals surface area contributed by atoms with E-state index in [4.69, 9.17) is 0 Å². The van der Waals surface area contributed by atoms with Crippen LogP contribution in [-0.2, 0) is 0 Å². The zero-order valence-corrected chi connectivity index (χ0v) is 10.1. The SMILES string of the molecule is CSC1(CNc2nccnc2C)CCC1. The van der Waals surface area contributed by atoms with Crippen LogP contribution in [0.1, 0.15) is 25.0 Å². The van der Waals surface area contributed by atoms with Gasteiger partial charge in [-0.25, -0.2) is 4.98 Å². The lowest BCUT2D eigenvalue weighted by atomic mass is 9.84. The van der Waals surface area contributed by atoms with Gasteiger partial charge in [0.25, 0.3) is 0 Å². The third-order valence-corrected chi connectivity index (χ3v) is 4.58. The van der Waals surface area contributed by atoms with Crippen molar-refractivity contribution in [3.8, 4) is 0 Å². The van der Waals surface area contributed by atoms with E-state index >= 15 is 0 Å². The van der Waals surface area contributed by atoms with Gasteiger partial charge in [0, 0.05) is 23.7 Å². The Kier molecular flexibility index (Phi) is 3.14. The fraction of sp³-hybridized carbons (Fsp3) is 0.636. The first-order chi connectivity index (χ1) is 7.26. The standard InChI is InChI=1S/C11H17N3S/c1-9-10(13-7-6-12-9)14-8-11(15-2)4-3-5-11/h6-7H,3-5,8H2,1-2H3,(H,13,14). The summed E-state index contributed by atoms with van der Waals surface area (Å²) in [5, 5.41) is 3.41. The van der Waals surface area contributed by atoms with Crippen molar-refractivity contribution in [3.63, 3.8) is 0 Å². The quantitative estimate of drug-likeness (QED) is 0.851. The highest BCUT2D eigenvalue weighted by Gasteiger charge is 2.35. The predicted octanol–water partition coefficient (Wildman–Crippen LogP) is 2.48. The first-order valence-corrected chi connectivity index (χ1v) is 6.55. The van der Waals surface area contributed by atoms with Crippen molar-refractivity contribution < 1.29 is 0 Å². The molecule has 0 amide bonds. The molecule has 1 aromatic heterocycles. The molecule has 1 heterocycles. The molecular formula is C11H17N3S. The minimum atomic E-state index is 0.448. The summed E-state index contributed by atoms with van der Waals surface area (Å²) in [5.74, 6) is 0.929. The van der Waals surface area contributed by atoms with E-state index in [2.05, 4.69) is 21.5 Å². The summed E-state index contributed by atoms with van der Waals surface area (Å²) in [6, 6.07) is 0. The monoisotopic (exact) mass is 223 g/mol. The van der Waals surface area contributed by atoms with E-state index in [1.54, 1.807) is 12.4 Å². The number of aromatic nitrogens is 2. The maximum absolute atomic E-state index is 4.29. The molecule has 0 aromatic carbocycles. The van der Waals surface area contributed by atoms with Crippen molar-refractivity contribution in [2.24, 2.45) is 0 Å². The number of hydrogen-bond donors (Lipinski definition) is 1. The molecule has 1 aromatic rings. The van der Waals surface area contributed by atoms with Crippen LogP contribution < -0.4 is 5.32 Å². The van der Waals surface area contributed by atoms with E-state index in [1.165, 1.54) is 19.3 Å². The number of nitrogens with one attached hydrogen (secondary N) is 1. The first-order valence-electron chi connectivity index (χ1n) is 5.32. The van der Waals surface area contributed by atoms with Crippen LogP contribution in [0.4, 0.5) is 5.82 Å². The number of hydrogen-bond acceptors (Lipinski definition) is 4. The third kappa shape index (κ3) is 2.25. The fourth-order valence-corrected chi connectivity index (χ4v) is 2.76. The Morgan fingerprint density at radius 3 is 2.67 bits per heavy atom. The predicted molar refractivity (Wildman–Crippen MR) is 65.4 cm³/mol. The van der Waals surface area contributed by atoms with Gasteiger partial charge in [-0.15, -0.1) is 0 Å². The summed E-state index contributed by atoms with van der Waals surface area (Å²) < 4.78 is 0.448. The average molecular weight is 223 g/mol. The Morgan fingerprint density at radius 1 is 1.40 bits per heavy atom. The van der Waals surface area contributed by atoms with E-state index < -0.39 is 0 Å². The summed E-state index contributed by atoms with van der Waals surface area (Å²) in [6.45, 7) is 3.00. The van der Waals surface area contributed by atoms with Crippen LogP contribution in [0.2, 0.25) is 0 Å². The van der Waals surface area contributed by atoms with Crippen LogP contribution in [0.15, 0.2) is 12.4 Å². The van der Waals surface area contributed by atoms with Crippen molar-refractivity contribution in [1.82, 2.24) is 9.97 Å². The Labute approximate surface area is 95.1 Å². The zero-order valence-electron chi connectivity index (χ0n) is 9.29. The van der Waals surface area contributed by atoms with Crippen LogP contribution >= 0.6 is 11.8 Å². The zero-order chi connectivity index (χ0) is 10.7. The minimum Gasteiger partial charge on any atom is -0.367 e. The van der Waals surface area contributed by atoms with Gasteiger partial charge in [0.15, 0.2) is 0 Å². The van der Waals surface area contributed by atoms with Crippen molar-refractivity contribution in [2.75, 3.05) is 18.1 Å². The second-order valence-corrected chi connectivity index (χ2v) is 5.36. The molecule has 0 unspecified atom stereocenters. The minimum absolute atomic E-state index is 0.448. The molecule has 15 heavy (non-hydrogen) atoms. The number of aryl methyl sites for hydroxylation is 1. The molecule has 0 atom stereocenters. The Bertz CT molecular complexity index is 331. The molecule has 82 valence electrons. The van der Waals surface area contributed by atoms with E-state index in [0.29, 0.717) is 4.75 Å². The summed E-state index contributed by atoms with van der Waals surface area (Å²) in [4.78, 5) is 8.51. The summed E-state index contributed by atoms with van der Waals surface area (Å²) in [6.07, 6.45) is 9.67. The van der Waals surface area contributed by atoms with E-state index in [1.807, 2.05) is 18.7 Å². The van der Waals surface area contributed by atoms with Crippen molar-refractivity contribution in [1.29, 1.82) is 0 Å². The fourth-order valence-electron chi connectivity index (χ4n) is 1.85. The van der Waals surface area contributed by atoms with Crippen molar-refractivity contribution in [3.05, 3.63) is 18.1 Å². The van der Waals surface area contributed by atoms with Crippen LogP contribution in [0.25, 0.3) is 0 Å². The number of rotatable bonds is 4. The van der Waals surface area contributed by atoms with Gasteiger partial charge in [-0.2, -0.15) is 11.8 Å². The van der Waals surface area contributed by atoms with Gasteiger partial charge in [-0.05, 0) is 26.0 Å².